The number of nitrogens with one attached hydrogen (secondary N) is 2. The second-order valence-corrected chi connectivity index (χ2v) is 8.88. The molecule has 0 unspecified atom stereocenters. The number of allylic oxidation sites excluding steroid dienone is 1. The molecule has 1 heterocycles. The van der Waals surface area contributed by atoms with Gasteiger partial charge in [-0.3, -0.25) is 14.9 Å². The average molecular weight is 440 g/mol. The molecule has 0 spiro atoms. The zero-order chi connectivity index (χ0) is 23.1. The second kappa shape index (κ2) is 8.20. The van der Waals surface area contributed by atoms with E-state index in [-0.39, 0.29) is 22.3 Å². The Kier molecular flexibility index (Phi) is 5.21. The van der Waals surface area contributed by atoms with Crippen molar-refractivity contribution in [2.45, 2.75) is 38.6 Å². The zero-order valence-corrected chi connectivity index (χ0v) is 18.6. The Balaban J connectivity index is 1.62. The normalized spacial score (nSPS) is 19.6. The lowest BCUT2D eigenvalue weighted by Gasteiger charge is -2.30. The van der Waals surface area contributed by atoms with Crippen LogP contribution in [-0.4, -0.2) is 10.7 Å². The van der Waals surface area contributed by atoms with Crippen LogP contribution in [0.15, 0.2) is 78.0 Å². The number of benzene rings is 3. The highest BCUT2D eigenvalue weighted by molar-refractivity contribution is 6.01. The van der Waals surface area contributed by atoms with E-state index in [2.05, 4.69) is 41.8 Å². The summed E-state index contributed by atoms with van der Waals surface area (Å²) in [5.74, 6) is 0.144. The molecule has 5 rings (SSSR count). The fourth-order valence-corrected chi connectivity index (χ4v) is 4.82. The molecule has 1 aliphatic heterocycles. The standard InChI is InChI=1S/C27H25N3O3/c1-16-7-10-18(11-8-16)20-13-23-26(25(31)15-20)27(29-22-6-4-3-5-21(22)28-23)19-12-9-17(2)24(14-19)30(32)33/h3-12,14,20,27-29H,13,15H2,1-2H3/t20-,27+/m0/s1. The third-order valence-electron chi connectivity index (χ3n) is 6.62. The van der Waals surface area contributed by atoms with Crippen LogP contribution in [0.4, 0.5) is 17.1 Å². The van der Waals surface area contributed by atoms with Crippen molar-refractivity contribution in [1.82, 2.24) is 0 Å². The van der Waals surface area contributed by atoms with Crippen molar-refractivity contribution >= 4 is 22.8 Å². The van der Waals surface area contributed by atoms with Gasteiger partial charge in [0.1, 0.15) is 0 Å². The smallest absolute Gasteiger partial charge is 0.272 e. The summed E-state index contributed by atoms with van der Waals surface area (Å²) in [5, 5.41) is 18.6. The number of hydrogen-bond acceptors (Lipinski definition) is 5. The molecule has 6 heteroatoms. The molecule has 0 saturated heterocycles. The van der Waals surface area contributed by atoms with Gasteiger partial charge in [0.05, 0.1) is 22.3 Å². The molecule has 2 aliphatic rings. The Morgan fingerprint density at radius 3 is 2.33 bits per heavy atom. The molecule has 33 heavy (non-hydrogen) atoms. The van der Waals surface area contributed by atoms with E-state index in [9.17, 15) is 14.9 Å². The van der Waals surface area contributed by atoms with Crippen LogP contribution >= 0.6 is 0 Å². The van der Waals surface area contributed by atoms with Crippen LogP contribution in [-0.2, 0) is 4.79 Å². The number of anilines is 2. The summed E-state index contributed by atoms with van der Waals surface area (Å²) in [6.07, 6.45) is 1.11. The van der Waals surface area contributed by atoms with Crippen LogP contribution in [0.5, 0.6) is 0 Å². The lowest BCUT2D eigenvalue weighted by molar-refractivity contribution is -0.385. The predicted octanol–water partition coefficient (Wildman–Crippen LogP) is 6.19. The minimum absolute atomic E-state index is 0.0581. The Labute approximate surface area is 192 Å². The fraction of sp³-hybridized carbons (Fsp3) is 0.222. The number of hydrogen-bond donors (Lipinski definition) is 2. The summed E-state index contributed by atoms with van der Waals surface area (Å²) in [6, 6.07) is 20.9. The quantitative estimate of drug-likeness (QED) is 0.375. The summed E-state index contributed by atoms with van der Waals surface area (Å²) in [6.45, 7) is 3.78. The summed E-state index contributed by atoms with van der Waals surface area (Å²) in [4.78, 5) is 24.8. The molecule has 3 aromatic rings. The van der Waals surface area contributed by atoms with Gasteiger partial charge >= 0.3 is 0 Å². The van der Waals surface area contributed by atoms with Gasteiger partial charge in [0, 0.05) is 29.3 Å². The van der Waals surface area contributed by atoms with Gasteiger partial charge in [-0.2, -0.15) is 0 Å². The van der Waals surface area contributed by atoms with Gasteiger partial charge in [0.25, 0.3) is 5.69 Å². The van der Waals surface area contributed by atoms with Crippen molar-refractivity contribution in [1.29, 1.82) is 0 Å². The minimum Gasteiger partial charge on any atom is -0.372 e. The number of nitro groups is 1. The highest BCUT2D eigenvalue weighted by Crippen LogP contribution is 2.44. The topological polar surface area (TPSA) is 84.3 Å². The first-order valence-electron chi connectivity index (χ1n) is 11.1. The third kappa shape index (κ3) is 3.89. The van der Waals surface area contributed by atoms with Crippen LogP contribution in [0.2, 0.25) is 0 Å². The molecule has 0 amide bonds. The summed E-state index contributed by atoms with van der Waals surface area (Å²) >= 11 is 0. The molecule has 0 fully saturated rings. The minimum atomic E-state index is -0.470. The van der Waals surface area contributed by atoms with E-state index < -0.39 is 6.04 Å². The largest absolute Gasteiger partial charge is 0.372 e. The third-order valence-corrected chi connectivity index (χ3v) is 6.62. The molecule has 166 valence electrons. The van der Waals surface area contributed by atoms with Crippen molar-refractivity contribution < 1.29 is 9.72 Å². The number of ketones is 1. The summed E-state index contributed by atoms with van der Waals surface area (Å²) < 4.78 is 0. The van der Waals surface area contributed by atoms with Gasteiger partial charge in [-0.15, -0.1) is 0 Å². The number of carbonyl (C=O) groups excluding carboxylic acids is 1. The Morgan fingerprint density at radius 1 is 0.909 bits per heavy atom. The van der Waals surface area contributed by atoms with Crippen LogP contribution in [0, 0.1) is 24.0 Å². The lowest BCUT2D eigenvalue weighted by Crippen LogP contribution is -2.27. The van der Waals surface area contributed by atoms with E-state index in [1.807, 2.05) is 30.3 Å². The van der Waals surface area contributed by atoms with E-state index in [0.717, 1.165) is 22.6 Å². The molecule has 0 aromatic heterocycles. The highest BCUT2D eigenvalue weighted by atomic mass is 16.6. The van der Waals surface area contributed by atoms with E-state index in [1.54, 1.807) is 19.1 Å². The molecule has 6 nitrogen and oxygen atoms in total. The molecule has 2 atom stereocenters. The maximum atomic E-state index is 13.6. The Bertz CT molecular complexity index is 1290. The predicted molar refractivity (Wildman–Crippen MR) is 129 cm³/mol. The lowest BCUT2D eigenvalue weighted by atomic mass is 9.78. The van der Waals surface area contributed by atoms with Crippen molar-refractivity contribution in [3.63, 3.8) is 0 Å². The van der Waals surface area contributed by atoms with Crippen LogP contribution in [0.3, 0.4) is 0 Å². The van der Waals surface area contributed by atoms with E-state index >= 15 is 0 Å². The number of carbonyl (C=O) groups is 1. The molecule has 3 aromatic carbocycles. The SMILES string of the molecule is Cc1ccc([C@@H]2CC(=O)C3=C(C2)Nc2ccccc2N[C@@H]3c2ccc(C)c([N+](=O)[O-])c2)cc1. The van der Waals surface area contributed by atoms with Crippen molar-refractivity contribution in [2.75, 3.05) is 10.6 Å². The number of para-hydroxylation sites is 2. The maximum Gasteiger partial charge on any atom is 0.272 e. The molecule has 1 aliphatic carbocycles. The number of aryl methyl sites for hydroxylation is 2. The molecule has 2 N–H and O–H groups in total. The van der Waals surface area contributed by atoms with Gasteiger partial charge in [-0.1, -0.05) is 54.1 Å². The monoisotopic (exact) mass is 439 g/mol. The highest BCUT2D eigenvalue weighted by Gasteiger charge is 2.36. The number of fused-ring (bicyclic) bond motifs is 1. The Hall–Kier alpha value is -3.93. The molecule has 0 saturated carbocycles. The van der Waals surface area contributed by atoms with Gasteiger partial charge in [-0.05, 0) is 49.4 Å². The van der Waals surface area contributed by atoms with Crippen LogP contribution in [0.25, 0.3) is 0 Å². The van der Waals surface area contributed by atoms with Gasteiger partial charge in [0.15, 0.2) is 5.78 Å². The number of nitrogens with zero attached hydrogens (tertiary/aromatic N) is 1. The van der Waals surface area contributed by atoms with Crippen molar-refractivity contribution in [3.8, 4) is 0 Å². The van der Waals surface area contributed by atoms with Gasteiger partial charge in [-0.25, -0.2) is 0 Å². The first-order valence-corrected chi connectivity index (χ1v) is 11.1. The van der Waals surface area contributed by atoms with Gasteiger partial charge in [0.2, 0.25) is 0 Å². The van der Waals surface area contributed by atoms with Gasteiger partial charge < -0.3 is 10.6 Å². The number of rotatable bonds is 3. The molecule has 0 radical (unpaired) electrons. The molecular formula is C27H25N3O3. The Morgan fingerprint density at radius 2 is 1.61 bits per heavy atom. The maximum absolute atomic E-state index is 13.6. The summed E-state index contributed by atoms with van der Waals surface area (Å²) in [5.41, 5.74) is 6.99. The number of nitro benzene ring substituents is 1. The van der Waals surface area contributed by atoms with Crippen LogP contribution < -0.4 is 10.6 Å². The average Bonchev–Trinajstić information content (AvgIpc) is 2.96. The van der Waals surface area contributed by atoms with Crippen LogP contribution in [0.1, 0.15) is 47.1 Å². The van der Waals surface area contributed by atoms with E-state index in [4.69, 9.17) is 0 Å². The molecule has 0 bridgehead atoms. The zero-order valence-electron chi connectivity index (χ0n) is 18.6. The molecular weight excluding hydrogens is 414 g/mol. The summed E-state index contributed by atoms with van der Waals surface area (Å²) in [7, 11) is 0. The van der Waals surface area contributed by atoms with Crippen molar-refractivity contribution in [3.05, 3.63) is 110 Å². The first kappa shape index (κ1) is 20.9. The van der Waals surface area contributed by atoms with Crippen molar-refractivity contribution in [2.24, 2.45) is 0 Å². The van der Waals surface area contributed by atoms with E-state index in [1.165, 1.54) is 5.56 Å². The second-order valence-electron chi connectivity index (χ2n) is 8.88. The van der Waals surface area contributed by atoms with E-state index in [0.29, 0.717) is 29.5 Å². The fourth-order valence-electron chi connectivity index (χ4n) is 4.82. The first-order chi connectivity index (χ1) is 15.9. The number of Topliss-reactive ketones (excluding diaryl/α,β-unsaturated/α-hetero) is 1.